The lowest BCUT2D eigenvalue weighted by atomic mass is 10.1. The van der Waals surface area contributed by atoms with Gasteiger partial charge in [-0.15, -0.1) is 0 Å². The summed E-state index contributed by atoms with van der Waals surface area (Å²) >= 11 is 0. The second kappa shape index (κ2) is 6.73. The molecule has 0 N–H and O–H groups in total. The van der Waals surface area contributed by atoms with E-state index in [1.165, 1.54) is 12.8 Å². The van der Waals surface area contributed by atoms with Gasteiger partial charge in [0.2, 0.25) is 5.91 Å². The Labute approximate surface area is 132 Å². The van der Waals surface area contributed by atoms with Crippen molar-refractivity contribution in [2.45, 2.75) is 64.1 Å². The lowest BCUT2D eigenvalue weighted by molar-refractivity contribution is -0.131. The van der Waals surface area contributed by atoms with Crippen molar-refractivity contribution in [3.63, 3.8) is 0 Å². The Morgan fingerprint density at radius 2 is 2.09 bits per heavy atom. The van der Waals surface area contributed by atoms with E-state index in [0.29, 0.717) is 31.0 Å². The second-order valence-electron chi connectivity index (χ2n) is 6.75. The zero-order valence-corrected chi connectivity index (χ0v) is 13.6. The molecule has 0 saturated carbocycles. The predicted octanol–water partition coefficient (Wildman–Crippen LogP) is 1.88. The Kier molecular flexibility index (Phi) is 4.71. The summed E-state index contributed by atoms with van der Waals surface area (Å²) in [5.41, 5.74) is 0.899. The van der Waals surface area contributed by atoms with Crippen LogP contribution in [0.4, 0.5) is 0 Å². The highest BCUT2D eigenvalue weighted by Crippen LogP contribution is 2.32. The number of hydrogen-bond donors (Lipinski definition) is 0. The number of carbonyl (C=O) groups is 1. The van der Waals surface area contributed by atoms with Gasteiger partial charge < -0.3 is 4.90 Å². The maximum Gasteiger partial charge on any atom is 0.223 e. The molecule has 2 unspecified atom stereocenters. The van der Waals surface area contributed by atoms with Crippen LogP contribution < -0.4 is 0 Å². The van der Waals surface area contributed by atoms with Gasteiger partial charge in [0.05, 0.1) is 5.69 Å². The second-order valence-corrected chi connectivity index (χ2v) is 6.75. The SMILES string of the molecule is CC(C)N1C2CCC1CN(C(=O)CCc1cnccn1)CC2. The molecular weight excluding hydrogens is 276 g/mol. The van der Waals surface area contributed by atoms with Crippen LogP contribution in [-0.4, -0.2) is 56.9 Å². The molecule has 3 rings (SSSR count). The summed E-state index contributed by atoms with van der Waals surface area (Å²) in [5.74, 6) is 0.266. The van der Waals surface area contributed by atoms with Crippen molar-refractivity contribution in [1.29, 1.82) is 0 Å². The maximum absolute atomic E-state index is 12.5. The topological polar surface area (TPSA) is 49.3 Å². The number of rotatable bonds is 4. The molecule has 0 spiro atoms. The highest BCUT2D eigenvalue weighted by atomic mass is 16.2. The molecule has 0 aliphatic carbocycles. The molecule has 5 heteroatoms. The molecule has 0 radical (unpaired) electrons. The molecule has 0 aromatic carbocycles. The van der Waals surface area contributed by atoms with Gasteiger partial charge in [-0.1, -0.05) is 0 Å². The minimum absolute atomic E-state index is 0.266. The average molecular weight is 302 g/mol. The van der Waals surface area contributed by atoms with Crippen LogP contribution in [0.5, 0.6) is 0 Å². The van der Waals surface area contributed by atoms with Gasteiger partial charge in [0.15, 0.2) is 0 Å². The number of carbonyl (C=O) groups excluding carboxylic acids is 1. The van der Waals surface area contributed by atoms with Crippen molar-refractivity contribution in [1.82, 2.24) is 19.8 Å². The Balaban J connectivity index is 1.58. The number of fused-ring (bicyclic) bond motifs is 2. The third-order valence-electron chi connectivity index (χ3n) is 5.00. The molecule has 2 fully saturated rings. The van der Waals surface area contributed by atoms with Crippen LogP contribution in [0.3, 0.4) is 0 Å². The smallest absolute Gasteiger partial charge is 0.223 e. The van der Waals surface area contributed by atoms with E-state index in [2.05, 4.69) is 33.6 Å². The molecule has 1 aromatic rings. The molecule has 2 saturated heterocycles. The summed E-state index contributed by atoms with van der Waals surface area (Å²) in [7, 11) is 0. The summed E-state index contributed by atoms with van der Waals surface area (Å²) in [5, 5.41) is 0. The number of amides is 1. The highest BCUT2D eigenvalue weighted by molar-refractivity contribution is 5.76. The van der Waals surface area contributed by atoms with Crippen LogP contribution in [0.25, 0.3) is 0 Å². The quantitative estimate of drug-likeness (QED) is 0.852. The first kappa shape index (κ1) is 15.4. The van der Waals surface area contributed by atoms with Crippen LogP contribution in [0, 0.1) is 0 Å². The molecular formula is C17H26N4O. The molecule has 22 heavy (non-hydrogen) atoms. The minimum Gasteiger partial charge on any atom is -0.341 e. The van der Waals surface area contributed by atoms with Crippen LogP contribution >= 0.6 is 0 Å². The van der Waals surface area contributed by atoms with Crippen molar-refractivity contribution >= 4 is 5.91 Å². The fraction of sp³-hybridized carbons (Fsp3) is 0.706. The fourth-order valence-electron chi connectivity index (χ4n) is 4.03. The number of hydrogen-bond acceptors (Lipinski definition) is 4. The summed E-state index contributed by atoms with van der Waals surface area (Å²) in [6, 6.07) is 1.79. The van der Waals surface area contributed by atoms with Crippen LogP contribution in [0.1, 0.15) is 45.2 Å². The molecule has 2 aliphatic rings. The first-order valence-corrected chi connectivity index (χ1v) is 8.45. The van der Waals surface area contributed by atoms with Gasteiger partial charge in [-0.2, -0.15) is 0 Å². The van der Waals surface area contributed by atoms with E-state index in [4.69, 9.17) is 0 Å². The van der Waals surface area contributed by atoms with E-state index in [9.17, 15) is 4.79 Å². The predicted molar refractivity (Wildman–Crippen MR) is 85.3 cm³/mol. The molecule has 2 atom stereocenters. The molecule has 5 nitrogen and oxygen atoms in total. The van der Waals surface area contributed by atoms with E-state index in [-0.39, 0.29) is 5.91 Å². The van der Waals surface area contributed by atoms with Gasteiger partial charge in [0.25, 0.3) is 0 Å². The summed E-state index contributed by atoms with van der Waals surface area (Å²) in [6.07, 6.45) is 9.97. The third kappa shape index (κ3) is 3.29. The van der Waals surface area contributed by atoms with Crippen molar-refractivity contribution in [2.24, 2.45) is 0 Å². The van der Waals surface area contributed by atoms with Crippen LogP contribution in [0.15, 0.2) is 18.6 Å². The van der Waals surface area contributed by atoms with Crippen LogP contribution in [-0.2, 0) is 11.2 Å². The van der Waals surface area contributed by atoms with Gasteiger partial charge >= 0.3 is 0 Å². The first-order valence-electron chi connectivity index (χ1n) is 8.45. The van der Waals surface area contributed by atoms with Crippen molar-refractivity contribution in [3.8, 4) is 0 Å². The number of nitrogens with zero attached hydrogens (tertiary/aromatic N) is 4. The molecule has 1 amide bonds. The van der Waals surface area contributed by atoms with Crippen LogP contribution in [0.2, 0.25) is 0 Å². The van der Waals surface area contributed by atoms with Crippen molar-refractivity contribution in [3.05, 3.63) is 24.3 Å². The molecule has 1 aromatic heterocycles. The molecule has 3 heterocycles. The zero-order valence-electron chi connectivity index (χ0n) is 13.6. The van der Waals surface area contributed by atoms with Gasteiger partial charge in [-0.3, -0.25) is 19.7 Å². The van der Waals surface area contributed by atoms with E-state index in [0.717, 1.165) is 25.2 Å². The monoisotopic (exact) mass is 302 g/mol. The molecule has 2 bridgehead atoms. The van der Waals surface area contributed by atoms with Crippen molar-refractivity contribution < 1.29 is 4.79 Å². The highest BCUT2D eigenvalue weighted by Gasteiger charge is 2.39. The Morgan fingerprint density at radius 1 is 1.27 bits per heavy atom. The summed E-state index contributed by atoms with van der Waals surface area (Å²) in [4.78, 5) is 25.6. The lowest BCUT2D eigenvalue weighted by Gasteiger charge is -2.32. The van der Waals surface area contributed by atoms with Crippen molar-refractivity contribution in [2.75, 3.05) is 13.1 Å². The van der Waals surface area contributed by atoms with Gasteiger partial charge in [-0.05, 0) is 39.5 Å². The Hall–Kier alpha value is -1.49. The third-order valence-corrected chi connectivity index (χ3v) is 5.00. The van der Waals surface area contributed by atoms with Gasteiger partial charge in [-0.25, -0.2) is 0 Å². The van der Waals surface area contributed by atoms with Gasteiger partial charge in [0.1, 0.15) is 0 Å². The first-order chi connectivity index (χ1) is 10.6. The largest absolute Gasteiger partial charge is 0.341 e. The maximum atomic E-state index is 12.5. The molecule has 120 valence electrons. The van der Waals surface area contributed by atoms with E-state index >= 15 is 0 Å². The lowest BCUT2D eigenvalue weighted by Crippen LogP contribution is -2.44. The normalized spacial score (nSPS) is 25.5. The summed E-state index contributed by atoms with van der Waals surface area (Å²) < 4.78 is 0. The molecule has 2 aliphatic heterocycles. The fourth-order valence-corrected chi connectivity index (χ4v) is 4.03. The number of aryl methyl sites for hydroxylation is 1. The Morgan fingerprint density at radius 3 is 2.82 bits per heavy atom. The van der Waals surface area contributed by atoms with E-state index in [1.54, 1.807) is 18.6 Å². The Bertz CT molecular complexity index is 505. The standard InChI is InChI=1S/C17H26N4O/c1-13(2)21-15-4-5-16(21)12-20(10-7-15)17(22)6-3-14-11-18-8-9-19-14/h8-9,11,13,15-16H,3-7,10,12H2,1-2H3. The zero-order chi connectivity index (χ0) is 15.5. The van der Waals surface area contributed by atoms with Gasteiger partial charge in [0, 0.05) is 56.2 Å². The average Bonchev–Trinajstić information content (AvgIpc) is 2.80. The van der Waals surface area contributed by atoms with E-state index in [1.807, 2.05) is 0 Å². The minimum atomic E-state index is 0.266. The number of aromatic nitrogens is 2. The number of likely N-dealkylation sites (tertiary alicyclic amines) is 1. The van der Waals surface area contributed by atoms with E-state index < -0.39 is 0 Å². The summed E-state index contributed by atoms with van der Waals surface area (Å²) in [6.45, 7) is 6.35.